The van der Waals surface area contributed by atoms with Gasteiger partial charge in [-0.2, -0.15) is 4.99 Å². The number of benzene rings is 1. The molecule has 10 nitrogen and oxygen atoms in total. The summed E-state index contributed by atoms with van der Waals surface area (Å²) in [5.41, 5.74) is 0.689. The maximum Gasteiger partial charge on any atom is 0.324 e. The minimum absolute atomic E-state index is 0.0217. The molecule has 0 saturated heterocycles. The molecular formula is C17H16N4O6S3. The van der Waals surface area contributed by atoms with Gasteiger partial charge in [0.1, 0.15) is 0 Å². The quantitative estimate of drug-likeness (QED) is 0.319. The molecule has 0 aliphatic carbocycles. The Morgan fingerprint density at radius 2 is 2.10 bits per heavy atom. The fraction of sp³-hybridized carbons (Fsp3) is 0.176. The second kappa shape index (κ2) is 8.97. The molecule has 0 fully saturated rings. The van der Waals surface area contributed by atoms with E-state index in [1.54, 1.807) is 23.8 Å². The Bertz CT molecular complexity index is 1320. The Kier molecular flexibility index (Phi) is 6.58. The van der Waals surface area contributed by atoms with Gasteiger partial charge < -0.3 is 9.30 Å². The van der Waals surface area contributed by atoms with Gasteiger partial charge in [0.2, 0.25) is 10.0 Å². The van der Waals surface area contributed by atoms with E-state index in [9.17, 15) is 23.3 Å². The third-order valence-electron chi connectivity index (χ3n) is 3.89. The van der Waals surface area contributed by atoms with Crippen molar-refractivity contribution in [2.45, 2.75) is 11.4 Å². The van der Waals surface area contributed by atoms with Crippen molar-refractivity contribution in [3.8, 4) is 0 Å². The van der Waals surface area contributed by atoms with Crippen molar-refractivity contribution in [3.05, 3.63) is 56.2 Å². The highest BCUT2D eigenvalue weighted by atomic mass is 32.2. The summed E-state index contributed by atoms with van der Waals surface area (Å²) in [4.78, 5) is 27.5. The molecule has 0 saturated carbocycles. The second-order valence-corrected chi connectivity index (χ2v) is 9.58. The van der Waals surface area contributed by atoms with Crippen LogP contribution in [0.2, 0.25) is 0 Å². The Labute approximate surface area is 178 Å². The zero-order chi connectivity index (χ0) is 21.9. The van der Waals surface area contributed by atoms with E-state index in [4.69, 9.17) is 9.88 Å². The highest BCUT2D eigenvalue weighted by molar-refractivity contribution is 7.89. The SMILES string of the molecule is COCCn1c(=NC(=O)C=Cc2ccc([N+](=O)[O-])s2)sc2cc(S(N)(=O)=O)ccc21. The Morgan fingerprint density at radius 1 is 1.33 bits per heavy atom. The first-order chi connectivity index (χ1) is 14.2. The number of amides is 1. The van der Waals surface area contributed by atoms with E-state index in [1.165, 1.54) is 30.4 Å². The minimum atomic E-state index is -3.86. The molecule has 3 aromatic rings. The number of nitrogens with zero attached hydrogens (tertiary/aromatic N) is 3. The van der Waals surface area contributed by atoms with Gasteiger partial charge in [-0.25, -0.2) is 13.6 Å². The number of sulfonamides is 1. The number of thiazole rings is 1. The van der Waals surface area contributed by atoms with Crippen LogP contribution in [0.25, 0.3) is 16.3 Å². The van der Waals surface area contributed by atoms with E-state index in [0.717, 1.165) is 22.7 Å². The minimum Gasteiger partial charge on any atom is -0.383 e. The largest absolute Gasteiger partial charge is 0.383 e. The summed E-state index contributed by atoms with van der Waals surface area (Å²) >= 11 is 2.09. The van der Waals surface area contributed by atoms with Crippen molar-refractivity contribution >= 4 is 59.9 Å². The van der Waals surface area contributed by atoms with Gasteiger partial charge in [-0.1, -0.05) is 22.7 Å². The molecule has 0 aliphatic heterocycles. The molecule has 0 atom stereocenters. The first-order valence-corrected chi connectivity index (χ1v) is 11.5. The van der Waals surface area contributed by atoms with Crippen molar-refractivity contribution < 1.29 is 22.9 Å². The standard InChI is InChI=1S/C17H16N4O6S3/c1-27-9-8-20-13-5-4-12(30(18,25)26)10-14(13)29-17(20)19-15(22)6-2-11-3-7-16(28-11)21(23)24/h2-7,10H,8-9H2,1H3,(H2,18,25,26). The molecule has 13 heteroatoms. The number of carbonyl (C=O) groups is 1. The summed E-state index contributed by atoms with van der Waals surface area (Å²) in [5, 5.41) is 15.9. The molecule has 3 rings (SSSR count). The molecule has 0 spiro atoms. The lowest BCUT2D eigenvalue weighted by Crippen LogP contribution is -2.19. The number of aromatic nitrogens is 1. The zero-order valence-electron chi connectivity index (χ0n) is 15.5. The Morgan fingerprint density at radius 3 is 2.73 bits per heavy atom. The first-order valence-electron chi connectivity index (χ1n) is 8.35. The number of rotatable bonds is 7. The number of methoxy groups -OCH3 is 1. The van der Waals surface area contributed by atoms with Crippen molar-refractivity contribution in [1.82, 2.24) is 4.57 Å². The number of thiophene rings is 1. The van der Waals surface area contributed by atoms with Gasteiger partial charge in [0.15, 0.2) is 4.80 Å². The van der Waals surface area contributed by atoms with Crippen molar-refractivity contribution in [2.75, 3.05) is 13.7 Å². The third kappa shape index (κ3) is 5.06. The molecule has 2 N–H and O–H groups in total. The van der Waals surface area contributed by atoms with E-state index in [2.05, 4.69) is 4.99 Å². The van der Waals surface area contributed by atoms with Crippen LogP contribution in [0.15, 0.2) is 46.3 Å². The molecule has 2 aromatic heterocycles. The summed E-state index contributed by atoms with van der Waals surface area (Å²) in [6, 6.07) is 7.33. The Hall–Kier alpha value is -2.71. The van der Waals surface area contributed by atoms with Crippen molar-refractivity contribution in [1.29, 1.82) is 0 Å². The summed E-state index contributed by atoms with van der Waals surface area (Å²) < 4.78 is 30.7. The first kappa shape index (κ1) is 22.0. The molecule has 0 bridgehead atoms. The number of nitro groups is 1. The molecule has 158 valence electrons. The second-order valence-electron chi connectivity index (χ2n) is 5.92. The van der Waals surface area contributed by atoms with Crippen LogP contribution in [-0.2, 0) is 26.1 Å². The van der Waals surface area contributed by atoms with E-state index in [0.29, 0.717) is 33.0 Å². The highest BCUT2D eigenvalue weighted by Crippen LogP contribution is 2.25. The average molecular weight is 469 g/mol. The van der Waals surface area contributed by atoms with Gasteiger partial charge in [0.05, 0.1) is 26.6 Å². The zero-order valence-corrected chi connectivity index (χ0v) is 18.0. The maximum absolute atomic E-state index is 12.3. The van der Waals surface area contributed by atoms with Crippen LogP contribution in [0.1, 0.15) is 4.88 Å². The molecule has 0 aliphatic rings. The summed E-state index contributed by atoms with van der Waals surface area (Å²) in [7, 11) is -2.32. The number of hydrogen-bond donors (Lipinski definition) is 1. The number of nitrogens with two attached hydrogens (primary N) is 1. The predicted molar refractivity (Wildman–Crippen MR) is 114 cm³/mol. The number of carbonyl (C=O) groups excluding carboxylic acids is 1. The van der Waals surface area contributed by atoms with Crippen LogP contribution < -0.4 is 9.94 Å². The van der Waals surface area contributed by atoms with Gasteiger partial charge in [-0.05, 0) is 30.3 Å². The lowest BCUT2D eigenvalue weighted by Gasteiger charge is -2.04. The average Bonchev–Trinajstić information content (AvgIpc) is 3.28. The van der Waals surface area contributed by atoms with E-state index in [1.807, 2.05) is 0 Å². The summed E-state index contributed by atoms with van der Waals surface area (Å²) in [6.07, 6.45) is 2.67. The number of primary sulfonamides is 1. The number of fused-ring (bicyclic) bond motifs is 1. The van der Waals surface area contributed by atoms with Crippen molar-refractivity contribution in [3.63, 3.8) is 0 Å². The van der Waals surface area contributed by atoms with Crippen LogP contribution >= 0.6 is 22.7 Å². The van der Waals surface area contributed by atoms with Crippen LogP contribution in [0.5, 0.6) is 0 Å². The van der Waals surface area contributed by atoms with E-state index < -0.39 is 20.9 Å². The fourth-order valence-electron chi connectivity index (χ4n) is 2.53. The molecule has 0 unspecified atom stereocenters. The van der Waals surface area contributed by atoms with Crippen LogP contribution in [0.4, 0.5) is 5.00 Å². The van der Waals surface area contributed by atoms with Crippen molar-refractivity contribution in [2.24, 2.45) is 10.1 Å². The maximum atomic E-state index is 12.3. The van der Waals surface area contributed by atoms with Gasteiger partial charge in [0, 0.05) is 30.7 Å². The van der Waals surface area contributed by atoms with Gasteiger partial charge in [-0.3, -0.25) is 14.9 Å². The van der Waals surface area contributed by atoms with Gasteiger partial charge >= 0.3 is 5.00 Å². The lowest BCUT2D eigenvalue weighted by molar-refractivity contribution is -0.380. The highest BCUT2D eigenvalue weighted by Gasteiger charge is 2.13. The van der Waals surface area contributed by atoms with E-state index in [-0.39, 0.29) is 9.90 Å². The number of ether oxygens (including phenoxy) is 1. The molecule has 30 heavy (non-hydrogen) atoms. The van der Waals surface area contributed by atoms with Gasteiger partial charge in [-0.15, -0.1) is 0 Å². The van der Waals surface area contributed by atoms with Crippen LogP contribution in [0.3, 0.4) is 0 Å². The molecule has 0 radical (unpaired) electrons. The Balaban J connectivity index is 1.99. The molecule has 2 heterocycles. The predicted octanol–water partition coefficient (Wildman–Crippen LogP) is 2.11. The fourth-order valence-corrected chi connectivity index (χ4v) is 4.97. The molecule has 1 aromatic carbocycles. The smallest absolute Gasteiger partial charge is 0.324 e. The number of hydrogen-bond acceptors (Lipinski definition) is 8. The molecular weight excluding hydrogens is 452 g/mol. The van der Waals surface area contributed by atoms with Crippen LogP contribution in [-0.4, -0.2) is 37.5 Å². The topological polar surface area (TPSA) is 147 Å². The summed E-state index contributed by atoms with van der Waals surface area (Å²) in [5.74, 6) is -0.560. The van der Waals surface area contributed by atoms with Gasteiger partial charge in [0.25, 0.3) is 5.91 Å². The summed E-state index contributed by atoms with van der Waals surface area (Å²) in [6.45, 7) is 0.761. The third-order valence-corrected chi connectivity index (χ3v) is 6.84. The monoisotopic (exact) mass is 468 g/mol. The van der Waals surface area contributed by atoms with E-state index >= 15 is 0 Å². The molecule has 1 amide bonds. The van der Waals surface area contributed by atoms with Crippen LogP contribution in [0, 0.1) is 10.1 Å². The normalized spacial score (nSPS) is 12.8. The lowest BCUT2D eigenvalue weighted by atomic mass is 10.3.